The minimum absolute atomic E-state index is 0.0650. The van der Waals surface area contributed by atoms with Crippen molar-refractivity contribution in [3.8, 4) is 0 Å². The Morgan fingerprint density at radius 2 is 1.83 bits per heavy atom. The second kappa shape index (κ2) is 10.5. The summed E-state index contributed by atoms with van der Waals surface area (Å²) in [5, 5.41) is 4.00. The molecule has 190 valence electrons. The summed E-state index contributed by atoms with van der Waals surface area (Å²) in [5.74, 6) is 0.198. The van der Waals surface area contributed by atoms with Crippen LogP contribution in [0.4, 0.5) is 9.80 Å². The summed E-state index contributed by atoms with van der Waals surface area (Å²) in [5.41, 5.74) is 5.55. The molecule has 2 saturated heterocycles. The largest absolute Gasteiger partial charge is 0.351 e. The molecule has 4 amide bonds. The molecule has 0 aliphatic carbocycles. The third kappa shape index (κ3) is 5.16. The van der Waals surface area contributed by atoms with Gasteiger partial charge in [0.2, 0.25) is 5.91 Å². The maximum atomic E-state index is 13.6. The van der Waals surface area contributed by atoms with Crippen molar-refractivity contribution >= 4 is 44.3 Å². The topological polar surface area (TPSA) is 99.0 Å². The number of nitrogens with two attached hydrogens (primary N) is 1. The normalized spacial score (nSPS) is 21.7. The van der Waals surface area contributed by atoms with Crippen molar-refractivity contribution in [3.63, 3.8) is 0 Å². The highest BCUT2D eigenvalue weighted by molar-refractivity contribution is 7.23. The first-order valence-electron chi connectivity index (χ1n) is 12.7. The molecule has 0 saturated carbocycles. The Kier molecular flexibility index (Phi) is 7.66. The van der Waals surface area contributed by atoms with Crippen molar-refractivity contribution in [2.45, 2.75) is 52.5 Å². The molecule has 1 unspecified atom stereocenters. The maximum absolute atomic E-state index is 13.6. The summed E-state index contributed by atoms with van der Waals surface area (Å²) >= 11 is 1.37. The van der Waals surface area contributed by atoms with Crippen LogP contribution in [0.1, 0.15) is 56.8 Å². The summed E-state index contributed by atoms with van der Waals surface area (Å²) in [6, 6.07) is 7.38. The van der Waals surface area contributed by atoms with E-state index in [-0.39, 0.29) is 17.2 Å². The van der Waals surface area contributed by atoms with E-state index in [2.05, 4.69) is 17.1 Å². The van der Waals surface area contributed by atoms with E-state index in [1.54, 1.807) is 0 Å². The molecule has 4 rings (SSSR count). The van der Waals surface area contributed by atoms with Crippen LogP contribution in [0.2, 0.25) is 0 Å². The van der Waals surface area contributed by atoms with Crippen LogP contribution >= 0.6 is 11.3 Å². The summed E-state index contributed by atoms with van der Waals surface area (Å²) in [4.78, 5) is 44.7. The van der Waals surface area contributed by atoms with E-state index in [1.807, 2.05) is 47.9 Å². The Morgan fingerprint density at radius 1 is 1.14 bits per heavy atom. The Bertz CT molecular complexity index is 1090. The molecule has 2 aliphatic rings. The minimum atomic E-state index is -0.670. The van der Waals surface area contributed by atoms with Crippen LogP contribution in [0, 0.1) is 5.41 Å². The monoisotopic (exact) mass is 499 g/mol. The van der Waals surface area contributed by atoms with Gasteiger partial charge in [0, 0.05) is 48.9 Å². The van der Waals surface area contributed by atoms with Crippen LogP contribution in [0.25, 0.3) is 10.1 Å². The number of likely N-dealkylation sites (tertiary alicyclic amines) is 2. The number of carbonyl (C=O) groups is 3. The van der Waals surface area contributed by atoms with Gasteiger partial charge in [-0.05, 0) is 59.1 Å². The lowest BCUT2D eigenvalue weighted by molar-refractivity contribution is -0.145. The second-order valence-electron chi connectivity index (χ2n) is 9.93. The first kappa shape index (κ1) is 25.4. The SMILES string of the molecule is CCN(CC)C(=O)C1(C)CCCN(C2CCN(C(=O)c3c(NC(N)=O)sc4ccccc34)CC2)C1. The average molecular weight is 500 g/mol. The number of primary amides is 1. The molecule has 9 heteroatoms. The van der Waals surface area contributed by atoms with E-state index in [9.17, 15) is 14.4 Å². The van der Waals surface area contributed by atoms with Gasteiger partial charge in [0.1, 0.15) is 5.00 Å². The molecule has 35 heavy (non-hydrogen) atoms. The number of benzene rings is 1. The molecule has 2 aromatic rings. The van der Waals surface area contributed by atoms with Gasteiger partial charge in [0.25, 0.3) is 5.91 Å². The number of urea groups is 1. The van der Waals surface area contributed by atoms with Gasteiger partial charge < -0.3 is 15.5 Å². The summed E-state index contributed by atoms with van der Waals surface area (Å²) in [6.07, 6.45) is 3.70. The molecule has 0 spiro atoms. The van der Waals surface area contributed by atoms with Gasteiger partial charge in [-0.2, -0.15) is 0 Å². The predicted octanol–water partition coefficient (Wildman–Crippen LogP) is 3.97. The number of hydrogen-bond acceptors (Lipinski definition) is 5. The van der Waals surface area contributed by atoms with Crippen molar-refractivity contribution < 1.29 is 14.4 Å². The van der Waals surface area contributed by atoms with Crippen molar-refractivity contribution in [1.82, 2.24) is 14.7 Å². The molecule has 2 aliphatic heterocycles. The number of hydrogen-bond donors (Lipinski definition) is 2. The Morgan fingerprint density at radius 3 is 2.49 bits per heavy atom. The zero-order valence-electron chi connectivity index (χ0n) is 21.0. The molecule has 1 atom stereocenters. The number of nitrogens with zero attached hydrogens (tertiary/aromatic N) is 3. The van der Waals surface area contributed by atoms with Crippen molar-refractivity contribution in [1.29, 1.82) is 0 Å². The molecular formula is C26H37N5O3S. The molecule has 1 aromatic heterocycles. The Balaban J connectivity index is 1.44. The van der Waals surface area contributed by atoms with E-state index < -0.39 is 6.03 Å². The average Bonchev–Trinajstić information content (AvgIpc) is 3.21. The fraction of sp³-hybridized carbons (Fsp3) is 0.577. The third-order valence-corrected chi connectivity index (χ3v) is 8.69. The third-order valence-electron chi connectivity index (χ3n) is 7.61. The molecule has 2 fully saturated rings. The van der Waals surface area contributed by atoms with Crippen LogP contribution in [-0.4, -0.2) is 77.9 Å². The number of anilines is 1. The smallest absolute Gasteiger partial charge is 0.317 e. The number of piperidine rings is 2. The van der Waals surface area contributed by atoms with E-state index in [0.29, 0.717) is 29.7 Å². The summed E-state index contributed by atoms with van der Waals surface area (Å²) < 4.78 is 0.944. The van der Waals surface area contributed by atoms with Crippen molar-refractivity contribution in [2.24, 2.45) is 11.1 Å². The Hall–Kier alpha value is -2.65. The summed E-state index contributed by atoms with van der Waals surface area (Å²) in [7, 11) is 0. The lowest BCUT2D eigenvalue weighted by Crippen LogP contribution is -2.56. The maximum Gasteiger partial charge on any atom is 0.317 e. The quantitative estimate of drug-likeness (QED) is 0.628. The summed E-state index contributed by atoms with van der Waals surface area (Å²) in [6.45, 7) is 10.8. The molecular weight excluding hydrogens is 462 g/mol. The fourth-order valence-electron chi connectivity index (χ4n) is 5.71. The molecule has 0 bridgehead atoms. The van der Waals surface area contributed by atoms with Gasteiger partial charge in [0.15, 0.2) is 0 Å². The number of thiophene rings is 1. The molecule has 0 radical (unpaired) electrons. The predicted molar refractivity (Wildman–Crippen MR) is 141 cm³/mol. The number of rotatable bonds is 6. The van der Waals surface area contributed by atoms with Crippen LogP contribution in [0.5, 0.6) is 0 Å². The highest BCUT2D eigenvalue weighted by atomic mass is 32.1. The zero-order chi connectivity index (χ0) is 25.2. The van der Waals surface area contributed by atoms with E-state index >= 15 is 0 Å². The van der Waals surface area contributed by atoms with E-state index in [4.69, 9.17) is 5.73 Å². The molecule has 1 aromatic carbocycles. The first-order valence-corrected chi connectivity index (χ1v) is 13.5. The van der Waals surface area contributed by atoms with Crippen molar-refractivity contribution in [3.05, 3.63) is 29.8 Å². The van der Waals surface area contributed by atoms with Gasteiger partial charge in [-0.1, -0.05) is 18.2 Å². The zero-order valence-corrected chi connectivity index (χ0v) is 21.8. The highest BCUT2D eigenvalue weighted by Crippen LogP contribution is 2.38. The number of amides is 4. The first-order chi connectivity index (χ1) is 16.8. The van der Waals surface area contributed by atoms with Gasteiger partial charge >= 0.3 is 6.03 Å². The molecule has 3 heterocycles. The second-order valence-corrected chi connectivity index (χ2v) is 11.0. The van der Waals surface area contributed by atoms with Crippen molar-refractivity contribution in [2.75, 3.05) is 44.6 Å². The Labute approximate surface area is 211 Å². The van der Waals surface area contributed by atoms with E-state index in [0.717, 1.165) is 61.9 Å². The van der Waals surface area contributed by atoms with E-state index in [1.165, 1.54) is 11.3 Å². The van der Waals surface area contributed by atoms with Crippen LogP contribution in [0.15, 0.2) is 24.3 Å². The lowest BCUT2D eigenvalue weighted by Gasteiger charge is -2.46. The number of nitrogens with one attached hydrogen (secondary N) is 1. The van der Waals surface area contributed by atoms with Gasteiger partial charge in [0.05, 0.1) is 11.0 Å². The minimum Gasteiger partial charge on any atom is -0.351 e. The lowest BCUT2D eigenvalue weighted by atomic mass is 9.79. The van der Waals surface area contributed by atoms with Crippen LogP contribution in [0.3, 0.4) is 0 Å². The number of fused-ring (bicyclic) bond motifs is 1. The molecule has 3 N–H and O–H groups in total. The van der Waals surface area contributed by atoms with Crippen LogP contribution in [-0.2, 0) is 4.79 Å². The number of carbonyl (C=O) groups excluding carboxylic acids is 3. The van der Waals surface area contributed by atoms with Gasteiger partial charge in [-0.25, -0.2) is 4.79 Å². The van der Waals surface area contributed by atoms with Gasteiger partial charge in [-0.3, -0.25) is 19.8 Å². The van der Waals surface area contributed by atoms with Crippen LogP contribution < -0.4 is 11.1 Å². The highest BCUT2D eigenvalue weighted by Gasteiger charge is 2.42. The standard InChI is InChI=1S/C26H37N5O3S/c1-4-29(5-2)24(33)26(3)13-8-14-31(17-26)18-11-15-30(16-12-18)23(32)21-19-9-6-7-10-20(19)35-22(21)28-25(27)34/h6-7,9-10,18H,4-5,8,11-17H2,1-3H3,(H3,27,28,34). The molecule has 8 nitrogen and oxygen atoms in total. The fourth-order valence-corrected chi connectivity index (χ4v) is 6.80. The van der Waals surface area contributed by atoms with Gasteiger partial charge in [-0.15, -0.1) is 11.3 Å².